The second-order valence-corrected chi connectivity index (χ2v) is 9.19. The van der Waals surface area contributed by atoms with E-state index in [-0.39, 0.29) is 25.6 Å². The first-order chi connectivity index (χ1) is 15.0. The van der Waals surface area contributed by atoms with Crippen molar-refractivity contribution in [3.8, 4) is 5.75 Å². The van der Waals surface area contributed by atoms with Crippen molar-refractivity contribution in [2.24, 2.45) is 5.73 Å². The van der Waals surface area contributed by atoms with Gasteiger partial charge in [0.15, 0.2) is 0 Å². The summed E-state index contributed by atoms with van der Waals surface area (Å²) in [6, 6.07) is 24.2. The van der Waals surface area contributed by atoms with Gasteiger partial charge in [-0.05, 0) is 60.7 Å². The summed E-state index contributed by atoms with van der Waals surface area (Å²) in [4.78, 5) is 2.13. The molecule has 0 saturated heterocycles. The summed E-state index contributed by atoms with van der Waals surface area (Å²) in [5, 5.41) is 19.3. The Bertz CT molecular complexity index is 968. The fraction of sp³-hybridized carbons (Fsp3) is 0.280. The first kappa shape index (κ1) is 26.5. The van der Waals surface area contributed by atoms with Gasteiger partial charge in [-0.25, -0.2) is 0 Å². The molecule has 0 unspecified atom stereocenters. The molecule has 172 valence electrons. The molecule has 4 N–H and O–H groups in total. The molecule has 0 aliphatic rings. The Morgan fingerprint density at radius 3 is 2.31 bits per heavy atom. The van der Waals surface area contributed by atoms with Crippen LogP contribution in [0.5, 0.6) is 5.75 Å². The third-order valence-electron chi connectivity index (χ3n) is 5.06. The van der Waals surface area contributed by atoms with E-state index >= 15 is 0 Å². The maximum Gasteiger partial charge on any atom is 0.120 e. The average molecular weight is 494 g/mol. The van der Waals surface area contributed by atoms with Gasteiger partial charge < -0.3 is 20.7 Å². The van der Waals surface area contributed by atoms with E-state index in [1.165, 1.54) is 0 Å². The van der Waals surface area contributed by atoms with Crippen LogP contribution in [0.3, 0.4) is 0 Å². The molecule has 0 heterocycles. The van der Waals surface area contributed by atoms with Crippen LogP contribution in [0.2, 0.25) is 5.02 Å². The van der Waals surface area contributed by atoms with Crippen molar-refractivity contribution in [2.45, 2.75) is 41.2 Å². The van der Waals surface area contributed by atoms with E-state index in [4.69, 9.17) is 22.1 Å². The molecule has 32 heavy (non-hydrogen) atoms. The van der Waals surface area contributed by atoms with Gasteiger partial charge in [0.05, 0.1) is 18.8 Å². The Morgan fingerprint density at radius 1 is 0.906 bits per heavy atom. The second-order valence-electron chi connectivity index (χ2n) is 7.64. The lowest BCUT2D eigenvalue weighted by Crippen LogP contribution is -2.47. The predicted molar refractivity (Wildman–Crippen MR) is 134 cm³/mol. The Hall–Kier alpha value is -1.73. The number of aryl methyl sites for hydroxylation is 1. The predicted octanol–water partition coefficient (Wildman–Crippen LogP) is 5.50. The Kier molecular flexibility index (Phi) is 10.9. The third-order valence-corrected chi connectivity index (χ3v) is 6.40. The number of halogens is 2. The molecule has 0 atom stereocenters. The van der Waals surface area contributed by atoms with Gasteiger partial charge in [-0.1, -0.05) is 65.8 Å². The summed E-state index contributed by atoms with van der Waals surface area (Å²) < 4.78 is 5.92. The van der Waals surface area contributed by atoms with Gasteiger partial charge in [0.25, 0.3) is 0 Å². The molecule has 0 radical (unpaired) electrons. The van der Waals surface area contributed by atoms with Crippen molar-refractivity contribution >= 4 is 35.8 Å². The van der Waals surface area contributed by atoms with Crippen molar-refractivity contribution < 1.29 is 14.9 Å². The normalized spacial score (nSPS) is 11.1. The van der Waals surface area contributed by atoms with Crippen LogP contribution in [0.15, 0.2) is 82.6 Å². The smallest absolute Gasteiger partial charge is 0.120 e. The van der Waals surface area contributed by atoms with Gasteiger partial charge in [-0.3, -0.25) is 0 Å². The standard InChI is InChI=1S/C25H28ClNO3S.ClH/c26-24-15-23(12-11-20(24)8-5-13-25(27,17-28)18-29)31-22-10-4-9-21(14-22)30-16-19-6-2-1-3-7-19;/h1-4,6-7,9-12,14-15,28-29H,5,8,13,16-18,27H2;1H. The highest BCUT2D eigenvalue weighted by Crippen LogP contribution is 2.33. The van der Waals surface area contributed by atoms with E-state index in [0.717, 1.165) is 39.5 Å². The van der Waals surface area contributed by atoms with Crippen LogP contribution in [0.1, 0.15) is 24.0 Å². The van der Waals surface area contributed by atoms with Crippen molar-refractivity contribution in [1.29, 1.82) is 0 Å². The summed E-state index contributed by atoms with van der Waals surface area (Å²) in [6.45, 7) is 0.0635. The van der Waals surface area contributed by atoms with E-state index in [1.54, 1.807) is 11.8 Å². The van der Waals surface area contributed by atoms with Crippen LogP contribution >= 0.6 is 35.8 Å². The molecule has 0 aliphatic carbocycles. The van der Waals surface area contributed by atoms with E-state index < -0.39 is 5.54 Å². The Labute approximate surface area is 205 Å². The second kappa shape index (κ2) is 13.1. The molecule has 0 fully saturated rings. The Morgan fingerprint density at radius 2 is 1.62 bits per heavy atom. The number of ether oxygens (including phenoxy) is 1. The molecule has 7 heteroatoms. The summed E-state index contributed by atoms with van der Waals surface area (Å²) in [5.74, 6) is 0.828. The summed E-state index contributed by atoms with van der Waals surface area (Å²) in [6.07, 6.45) is 2.01. The fourth-order valence-electron chi connectivity index (χ4n) is 3.14. The molecule has 3 rings (SSSR count). The molecule has 3 aromatic carbocycles. The van der Waals surface area contributed by atoms with Gasteiger partial charge in [0, 0.05) is 14.8 Å². The van der Waals surface area contributed by atoms with Crippen molar-refractivity contribution in [3.05, 3.63) is 88.9 Å². The topological polar surface area (TPSA) is 75.7 Å². The SMILES string of the molecule is Cl.NC(CO)(CO)CCCc1ccc(Sc2cccc(OCc3ccccc3)c2)cc1Cl. The molecular formula is C25H29Cl2NO3S. The molecule has 0 spiro atoms. The lowest BCUT2D eigenvalue weighted by Gasteiger charge is -2.24. The van der Waals surface area contributed by atoms with Gasteiger partial charge in [0.2, 0.25) is 0 Å². The van der Waals surface area contributed by atoms with E-state index in [1.807, 2.05) is 66.7 Å². The number of benzene rings is 3. The van der Waals surface area contributed by atoms with E-state index in [0.29, 0.717) is 18.1 Å². The van der Waals surface area contributed by atoms with Crippen LogP contribution in [-0.4, -0.2) is 29.0 Å². The van der Waals surface area contributed by atoms with Crippen LogP contribution < -0.4 is 10.5 Å². The minimum atomic E-state index is -0.935. The highest BCUT2D eigenvalue weighted by atomic mass is 35.5. The molecule has 0 saturated carbocycles. The first-order valence-corrected chi connectivity index (χ1v) is 11.4. The molecular weight excluding hydrogens is 465 g/mol. The highest BCUT2D eigenvalue weighted by Gasteiger charge is 2.22. The maximum atomic E-state index is 9.30. The number of rotatable bonds is 11. The summed E-state index contributed by atoms with van der Waals surface area (Å²) in [5.41, 5.74) is 7.16. The number of aliphatic hydroxyl groups is 2. The van der Waals surface area contributed by atoms with Crippen LogP contribution in [-0.2, 0) is 13.0 Å². The maximum absolute atomic E-state index is 9.30. The van der Waals surface area contributed by atoms with Gasteiger partial charge in [-0.15, -0.1) is 12.4 Å². The first-order valence-electron chi connectivity index (χ1n) is 10.2. The molecule has 3 aromatic rings. The van der Waals surface area contributed by atoms with Crippen molar-refractivity contribution in [3.63, 3.8) is 0 Å². The zero-order chi connectivity index (χ0) is 22.1. The van der Waals surface area contributed by atoms with Crippen molar-refractivity contribution in [2.75, 3.05) is 13.2 Å². The highest BCUT2D eigenvalue weighted by molar-refractivity contribution is 7.99. The van der Waals surface area contributed by atoms with Crippen molar-refractivity contribution in [1.82, 2.24) is 0 Å². The average Bonchev–Trinajstić information content (AvgIpc) is 2.80. The van der Waals surface area contributed by atoms with Gasteiger partial charge >= 0.3 is 0 Å². The van der Waals surface area contributed by atoms with Crippen LogP contribution in [0.25, 0.3) is 0 Å². The number of hydrogen-bond acceptors (Lipinski definition) is 5. The quantitative estimate of drug-likeness (QED) is 0.328. The summed E-state index contributed by atoms with van der Waals surface area (Å²) >= 11 is 8.13. The minimum absolute atomic E-state index is 0. The molecule has 4 nitrogen and oxygen atoms in total. The van der Waals surface area contributed by atoms with Crippen LogP contribution in [0.4, 0.5) is 0 Å². The zero-order valence-corrected chi connectivity index (χ0v) is 20.1. The monoisotopic (exact) mass is 493 g/mol. The minimum Gasteiger partial charge on any atom is -0.489 e. The Balaban J connectivity index is 0.00000363. The summed E-state index contributed by atoms with van der Waals surface area (Å²) in [7, 11) is 0. The van der Waals surface area contributed by atoms with Crippen LogP contribution in [0, 0.1) is 0 Å². The lowest BCUT2D eigenvalue weighted by molar-refractivity contribution is 0.113. The molecule has 0 aromatic heterocycles. The molecule has 0 amide bonds. The van der Waals surface area contributed by atoms with Gasteiger partial charge in [-0.2, -0.15) is 0 Å². The lowest BCUT2D eigenvalue weighted by atomic mass is 9.94. The largest absolute Gasteiger partial charge is 0.489 e. The third kappa shape index (κ3) is 8.00. The zero-order valence-electron chi connectivity index (χ0n) is 17.7. The van der Waals surface area contributed by atoms with E-state index in [2.05, 4.69) is 6.07 Å². The molecule has 0 bridgehead atoms. The van der Waals surface area contributed by atoms with E-state index in [9.17, 15) is 10.2 Å². The fourth-order valence-corrected chi connectivity index (χ4v) is 4.38. The number of aliphatic hydroxyl groups excluding tert-OH is 2. The molecule has 0 aliphatic heterocycles. The number of nitrogens with two attached hydrogens (primary N) is 1. The number of hydrogen-bond donors (Lipinski definition) is 3. The van der Waals surface area contributed by atoms with Gasteiger partial charge in [0.1, 0.15) is 12.4 Å².